The molecule has 0 aromatic carbocycles. The minimum atomic E-state index is 0.0384. The average molecular weight is 239 g/mol. The van der Waals surface area contributed by atoms with E-state index in [2.05, 4.69) is 16.0 Å². The van der Waals surface area contributed by atoms with Crippen molar-refractivity contribution in [3.05, 3.63) is 0 Å². The predicted octanol–water partition coefficient (Wildman–Crippen LogP) is 0.775. The lowest BCUT2D eigenvalue weighted by Gasteiger charge is -2.16. The van der Waals surface area contributed by atoms with Crippen molar-refractivity contribution >= 4 is 5.91 Å². The molecule has 1 aliphatic heterocycles. The minimum absolute atomic E-state index is 0.0384. The van der Waals surface area contributed by atoms with Crippen molar-refractivity contribution < 1.29 is 4.79 Å². The zero-order chi connectivity index (χ0) is 12.1. The molecule has 1 aliphatic carbocycles. The van der Waals surface area contributed by atoms with Gasteiger partial charge in [0.25, 0.3) is 0 Å². The zero-order valence-corrected chi connectivity index (χ0v) is 10.8. The van der Waals surface area contributed by atoms with Crippen LogP contribution in [0.4, 0.5) is 0 Å². The van der Waals surface area contributed by atoms with E-state index >= 15 is 0 Å². The first-order chi connectivity index (χ1) is 8.29. The number of amides is 1. The summed E-state index contributed by atoms with van der Waals surface area (Å²) in [5.41, 5.74) is 0. The fourth-order valence-corrected chi connectivity index (χ4v) is 3.02. The molecule has 0 spiro atoms. The van der Waals surface area contributed by atoms with Crippen molar-refractivity contribution in [2.45, 2.75) is 63.1 Å². The number of carbonyl (C=O) groups is 1. The zero-order valence-electron chi connectivity index (χ0n) is 10.8. The average Bonchev–Trinajstić information content (AvgIpc) is 2.99. The fourth-order valence-electron chi connectivity index (χ4n) is 3.02. The van der Waals surface area contributed by atoms with Gasteiger partial charge in [-0.15, -0.1) is 0 Å². The van der Waals surface area contributed by atoms with Gasteiger partial charge in [-0.25, -0.2) is 0 Å². The Morgan fingerprint density at radius 2 is 2.00 bits per heavy atom. The molecule has 3 N–H and O–H groups in total. The van der Waals surface area contributed by atoms with Crippen LogP contribution in [0.1, 0.15) is 44.9 Å². The van der Waals surface area contributed by atoms with Crippen molar-refractivity contribution in [1.82, 2.24) is 16.0 Å². The van der Waals surface area contributed by atoms with E-state index in [0.29, 0.717) is 6.04 Å². The lowest BCUT2D eigenvalue weighted by Crippen LogP contribution is -2.42. The Balaban J connectivity index is 1.59. The third-order valence-corrected chi connectivity index (χ3v) is 4.08. The van der Waals surface area contributed by atoms with Crippen LogP contribution in [0.5, 0.6) is 0 Å². The van der Waals surface area contributed by atoms with Crippen molar-refractivity contribution in [2.75, 3.05) is 13.6 Å². The van der Waals surface area contributed by atoms with Gasteiger partial charge >= 0.3 is 0 Å². The van der Waals surface area contributed by atoms with E-state index < -0.39 is 0 Å². The Bertz CT molecular complexity index is 251. The largest absolute Gasteiger partial charge is 0.358 e. The number of rotatable bonds is 5. The molecular weight excluding hydrogens is 214 g/mol. The molecule has 2 unspecified atom stereocenters. The van der Waals surface area contributed by atoms with Crippen LogP contribution in [0, 0.1) is 0 Å². The van der Waals surface area contributed by atoms with E-state index in [1.165, 1.54) is 25.7 Å². The molecule has 98 valence electrons. The van der Waals surface area contributed by atoms with Crippen LogP contribution in [0.3, 0.4) is 0 Å². The summed E-state index contributed by atoms with van der Waals surface area (Å²) < 4.78 is 0. The number of carbonyl (C=O) groups excluding carboxylic acids is 1. The maximum absolute atomic E-state index is 11.5. The standard InChI is InChI=1S/C13H25N3O/c1-14-13(17)12-7-6-11(16-12)8-9-15-10-4-2-3-5-10/h10-12,15-16H,2-9H2,1H3,(H,14,17). The molecule has 0 radical (unpaired) electrons. The topological polar surface area (TPSA) is 53.2 Å². The second-order valence-electron chi connectivity index (χ2n) is 5.33. The van der Waals surface area contributed by atoms with Gasteiger partial charge < -0.3 is 16.0 Å². The molecule has 0 aromatic rings. The summed E-state index contributed by atoms with van der Waals surface area (Å²) in [5.74, 6) is 0.135. The Hall–Kier alpha value is -0.610. The summed E-state index contributed by atoms with van der Waals surface area (Å²) in [6, 6.07) is 1.31. The molecule has 2 rings (SSSR count). The van der Waals surface area contributed by atoms with Gasteiger partial charge in [0.2, 0.25) is 5.91 Å². The molecule has 4 nitrogen and oxygen atoms in total. The van der Waals surface area contributed by atoms with Gasteiger partial charge in [-0.3, -0.25) is 4.79 Å². The molecule has 4 heteroatoms. The van der Waals surface area contributed by atoms with Crippen LogP contribution < -0.4 is 16.0 Å². The van der Waals surface area contributed by atoms with Crippen molar-refractivity contribution in [2.24, 2.45) is 0 Å². The third kappa shape index (κ3) is 3.68. The Morgan fingerprint density at radius 3 is 2.71 bits per heavy atom. The highest BCUT2D eigenvalue weighted by Gasteiger charge is 2.28. The molecule has 2 aliphatic rings. The van der Waals surface area contributed by atoms with E-state index in [4.69, 9.17) is 0 Å². The highest BCUT2D eigenvalue weighted by molar-refractivity contribution is 5.81. The molecule has 2 atom stereocenters. The predicted molar refractivity (Wildman–Crippen MR) is 68.9 cm³/mol. The van der Waals surface area contributed by atoms with Crippen molar-refractivity contribution in [1.29, 1.82) is 0 Å². The summed E-state index contributed by atoms with van der Waals surface area (Å²) in [4.78, 5) is 11.5. The Kier molecular flexibility index (Phi) is 4.80. The quantitative estimate of drug-likeness (QED) is 0.664. The first kappa shape index (κ1) is 12.8. The molecule has 1 amide bonds. The van der Waals surface area contributed by atoms with E-state index in [0.717, 1.165) is 31.8 Å². The van der Waals surface area contributed by atoms with E-state index in [1.54, 1.807) is 7.05 Å². The van der Waals surface area contributed by atoms with Crippen molar-refractivity contribution in [3.63, 3.8) is 0 Å². The molecule has 0 bridgehead atoms. The van der Waals surface area contributed by atoms with Crippen LogP contribution >= 0.6 is 0 Å². The second kappa shape index (κ2) is 6.36. The first-order valence-corrected chi connectivity index (χ1v) is 7.00. The highest BCUT2D eigenvalue weighted by Crippen LogP contribution is 2.18. The van der Waals surface area contributed by atoms with E-state index in [1.807, 2.05) is 0 Å². The van der Waals surface area contributed by atoms with Crippen LogP contribution in [-0.4, -0.2) is 37.6 Å². The molecule has 1 heterocycles. The van der Waals surface area contributed by atoms with E-state index in [9.17, 15) is 4.79 Å². The van der Waals surface area contributed by atoms with Gasteiger partial charge in [0.05, 0.1) is 6.04 Å². The smallest absolute Gasteiger partial charge is 0.236 e. The van der Waals surface area contributed by atoms with Gasteiger partial charge in [0.1, 0.15) is 0 Å². The molecule has 0 aromatic heterocycles. The monoisotopic (exact) mass is 239 g/mol. The maximum Gasteiger partial charge on any atom is 0.236 e. The van der Waals surface area contributed by atoms with Crippen LogP contribution in [-0.2, 0) is 4.79 Å². The van der Waals surface area contributed by atoms with Crippen LogP contribution in [0.2, 0.25) is 0 Å². The maximum atomic E-state index is 11.5. The molecule has 1 saturated carbocycles. The van der Waals surface area contributed by atoms with Crippen molar-refractivity contribution in [3.8, 4) is 0 Å². The van der Waals surface area contributed by atoms with Gasteiger partial charge in [-0.05, 0) is 38.6 Å². The van der Waals surface area contributed by atoms with Gasteiger partial charge in [-0.1, -0.05) is 12.8 Å². The molecule has 1 saturated heterocycles. The third-order valence-electron chi connectivity index (χ3n) is 4.08. The fraction of sp³-hybridized carbons (Fsp3) is 0.923. The number of likely N-dealkylation sites (N-methyl/N-ethyl adjacent to an activating group) is 1. The van der Waals surface area contributed by atoms with Crippen LogP contribution in [0.25, 0.3) is 0 Å². The normalized spacial score (nSPS) is 29.7. The summed E-state index contributed by atoms with van der Waals surface area (Å²) in [6.07, 6.45) is 8.72. The van der Waals surface area contributed by atoms with Gasteiger partial charge in [-0.2, -0.15) is 0 Å². The highest BCUT2D eigenvalue weighted by atomic mass is 16.2. The van der Waals surface area contributed by atoms with Crippen LogP contribution in [0.15, 0.2) is 0 Å². The van der Waals surface area contributed by atoms with Gasteiger partial charge in [0, 0.05) is 19.1 Å². The number of hydrogen-bond acceptors (Lipinski definition) is 3. The first-order valence-electron chi connectivity index (χ1n) is 7.00. The Morgan fingerprint density at radius 1 is 1.24 bits per heavy atom. The minimum Gasteiger partial charge on any atom is -0.358 e. The Labute approximate surface area is 104 Å². The summed E-state index contributed by atoms with van der Waals surface area (Å²) >= 11 is 0. The lowest BCUT2D eigenvalue weighted by atomic mass is 10.1. The summed E-state index contributed by atoms with van der Waals surface area (Å²) in [5, 5.41) is 9.75. The summed E-state index contributed by atoms with van der Waals surface area (Å²) in [7, 11) is 1.71. The lowest BCUT2D eigenvalue weighted by molar-refractivity contribution is -0.122. The number of nitrogens with one attached hydrogen (secondary N) is 3. The molecule has 17 heavy (non-hydrogen) atoms. The summed E-state index contributed by atoms with van der Waals surface area (Å²) in [6.45, 7) is 1.09. The van der Waals surface area contributed by atoms with Gasteiger partial charge in [0.15, 0.2) is 0 Å². The SMILES string of the molecule is CNC(=O)C1CCC(CCNC2CCCC2)N1. The second-order valence-corrected chi connectivity index (χ2v) is 5.33. The van der Waals surface area contributed by atoms with E-state index in [-0.39, 0.29) is 11.9 Å². The molecule has 2 fully saturated rings. The molecular formula is C13H25N3O. The number of hydrogen-bond donors (Lipinski definition) is 3.